The molecule has 0 radical (unpaired) electrons. The van der Waals surface area contributed by atoms with Crippen molar-refractivity contribution < 1.29 is 17.9 Å². The summed E-state index contributed by atoms with van der Waals surface area (Å²) in [6.07, 6.45) is 7.02. The van der Waals surface area contributed by atoms with Crippen LogP contribution in [-0.4, -0.2) is 53.1 Å². The van der Waals surface area contributed by atoms with Gasteiger partial charge in [-0.05, 0) is 75.1 Å². The molecule has 10 heteroatoms. The van der Waals surface area contributed by atoms with E-state index in [0.29, 0.717) is 12.2 Å². The highest BCUT2D eigenvalue weighted by molar-refractivity contribution is 7.89. The number of sulfonamides is 1. The lowest BCUT2D eigenvalue weighted by atomic mass is 10.1. The van der Waals surface area contributed by atoms with Crippen molar-refractivity contribution in [1.29, 1.82) is 0 Å². The summed E-state index contributed by atoms with van der Waals surface area (Å²) in [6.45, 7) is 3.29. The number of nitrogens with one attached hydrogen (secondary N) is 1. The molecule has 1 saturated heterocycles. The van der Waals surface area contributed by atoms with Crippen LogP contribution in [0.2, 0.25) is 0 Å². The topological polar surface area (TPSA) is 106 Å². The number of amides is 1. The number of fused-ring (bicyclic) bond motifs is 1. The summed E-state index contributed by atoms with van der Waals surface area (Å²) >= 11 is 0. The number of hydrogen-bond acceptors (Lipinski definition) is 6. The van der Waals surface area contributed by atoms with Gasteiger partial charge < -0.3 is 14.6 Å². The number of methoxy groups -OCH3 is 1. The van der Waals surface area contributed by atoms with Crippen molar-refractivity contribution in [3.63, 3.8) is 0 Å². The summed E-state index contributed by atoms with van der Waals surface area (Å²) in [4.78, 5) is 13.1. The Morgan fingerprint density at radius 2 is 1.78 bits per heavy atom. The number of nitrogens with zero attached hydrogens (tertiary/aromatic N) is 4. The number of piperidine rings is 1. The van der Waals surface area contributed by atoms with Gasteiger partial charge in [0.05, 0.1) is 7.11 Å². The Bertz CT molecular complexity index is 1380. The number of rotatable bonds is 6. The molecule has 1 fully saturated rings. The number of aryl methyl sites for hydroxylation is 1. The van der Waals surface area contributed by atoms with Crippen LogP contribution in [0.3, 0.4) is 0 Å². The molecule has 1 unspecified atom stereocenters. The largest absolute Gasteiger partial charge is 0.495 e. The third-order valence-electron chi connectivity index (χ3n) is 7.26. The molecule has 5 rings (SSSR count). The van der Waals surface area contributed by atoms with E-state index in [1.165, 1.54) is 30.0 Å². The highest BCUT2D eigenvalue weighted by Crippen LogP contribution is 2.32. The van der Waals surface area contributed by atoms with E-state index in [2.05, 4.69) is 20.1 Å². The monoisotopic (exact) mass is 523 g/mol. The van der Waals surface area contributed by atoms with E-state index in [0.717, 1.165) is 62.3 Å². The molecule has 1 N–H and O–H groups in total. The summed E-state index contributed by atoms with van der Waals surface area (Å²) in [5.74, 6) is 1.70. The van der Waals surface area contributed by atoms with Crippen molar-refractivity contribution in [2.75, 3.05) is 19.0 Å². The molecule has 2 aromatic carbocycles. The van der Waals surface area contributed by atoms with Gasteiger partial charge in [0.2, 0.25) is 10.0 Å². The first-order valence-corrected chi connectivity index (χ1v) is 14.4. The minimum atomic E-state index is -3.81. The van der Waals surface area contributed by atoms with Crippen molar-refractivity contribution in [2.45, 2.75) is 69.4 Å². The Balaban J connectivity index is 1.36. The lowest BCUT2D eigenvalue weighted by Crippen LogP contribution is -2.42. The van der Waals surface area contributed by atoms with Crippen LogP contribution in [0.25, 0.3) is 11.4 Å². The Morgan fingerprint density at radius 1 is 1.00 bits per heavy atom. The van der Waals surface area contributed by atoms with Gasteiger partial charge in [0.15, 0.2) is 5.82 Å². The summed E-state index contributed by atoms with van der Waals surface area (Å²) in [7, 11) is -2.38. The van der Waals surface area contributed by atoms with E-state index in [1.807, 2.05) is 31.2 Å². The number of anilines is 1. The van der Waals surface area contributed by atoms with E-state index in [-0.39, 0.29) is 22.3 Å². The van der Waals surface area contributed by atoms with Gasteiger partial charge in [-0.15, -0.1) is 10.2 Å². The van der Waals surface area contributed by atoms with E-state index in [1.54, 1.807) is 6.07 Å². The number of hydrogen-bond donors (Lipinski definition) is 1. The lowest BCUT2D eigenvalue weighted by molar-refractivity contribution is 0.102. The van der Waals surface area contributed by atoms with Crippen molar-refractivity contribution in [1.82, 2.24) is 19.1 Å². The molecule has 1 atom stereocenters. The average molecular weight is 524 g/mol. The van der Waals surface area contributed by atoms with Crippen LogP contribution in [0.15, 0.2) is 47.4 Å². The molecular weight excluding hydrogens is 490 g/mol. The number of ether oxygens (including phenoxy) is 1. The predicted octanol–water partition coefficient (Wildman–Crippen LogP) is 4.50. The first-order valence-electron chi connectivity index (χ1n) is 12.9. The Hall–Kier alpha value is -3.24. The van der Waals surface area contributed by atoms with E-state index in [9.17, 15) is 13.2 Å². The molecule has 2 aliphatic rings. The molecular formula is C27H33N5O4S. The summed E-state index contributed by atoms with van der Waals surface area (Å²) in [5.41, 5.74) is 1.79. The molecule has 0 spiro atoms. The third kappa shape index (κ3) is 5.13. The van der Waals surface area contributed by atoms with E-state index < -0.39 is 15.9 Å². The van der Waals surface area contributed by atoms with Gasteiger partial charge in [-0.2, -0.15) is 4.31 Å². The van der Waals surface area contributed by atoms with Crippen molar-refractivity contribution in [2.24, 2.45) is 0 Å². The second kappa shape index (κ2) is 10.6. The minimum Gasteiger partial charge on any atom is -0.495 e. The van der Waals surface area contributed by atoms with Crippen molar-refractivity contribution in [3.8, 4) is 17.1 Å². The van der Waals surface area contributed by atoms with Crippen LogP contribution in [0.5, 0.6) is 5.75 Å². The zero-order valence-corrected chi connectivity index (χ0v) is 22.1. The SMILES string of the molecule is COc1ccc(C(=O)Nc2ccc(-c3nnc4n3CCCCC4)cc2)cc1S(=O)(=O)N1CCCCC1C. The highest BCUT2D eigenvalue weighted by atomic mass is 32.2. The Kier molecular flexibility index (Phi) is 7.30. The molecule has 0 bridgehead atoms. The summed E-state index contributed by atoms with van der Waals surface area (Å²) in [5, 5.41) is 11.6. The molecule has 196 valence electrons. The van der Waals surface area contributed by atoms with Gasteiger partial charge in [0.1, 0.15) is 16.5 Å². The van der Waals surface area contributed by atoms with Crippen molar-refractivity contribution >= 4 is 21.6 Å². The Labute approximate surface area is 217 Å². The molecule has 9 nitrogen and oxygen atoms in total. The quantitative estimate of drug-likeness (QED) is 0.510. The van der Waals surface area contributed by atoms with Crippen LogP contribution in [-0.2, 0) is 23.0 Å². The first kappa shape index (κ1) is 25.4. The van der Waals surface area contributed by atoms with Gasteiger partial charge in [-0.25, -0.2) is 8.42 Å². The number of benzene rings is 2. The van der Waals surface area contributed by atoms with Gasteiger partial charge in [-0.3, -0.25) is 4.79 Å². The van der Waals surface area contributed by atoms with Crippen molar-refractivity contribution in [3.05, 3.63) is 53.9 Å². The second-order valence-corrected chi connectivity index (χ2v) is 11.6. The number of aromatic nitrogens is 3. The van der Waals surface area contributed by atoms with Crippen LogP contribution in [0.4, 0.5) is 5.69 Å². The first-order chi connectivity index (χ1) is 17.9. The predicted molar refractivity (Wildman–Crippen MR) is 141 cm³/mol. The maximum Gasteiger partial charge on any atom is 0.255 e. The van der Waals surface area contributed by atoms with Crippen LogP contribution in [0.1, 0.15) is 61.6 Å². The maximum atomic E-state index is 13.5. The standard InChI is InChI=1S/C27H33N5O4S/c1-19-8-5-7-17-32(19)37(34,35)24-18-21(12-15-23(24)36-2)27(33)28-22-13-10-20(11-14-22)26-30-29-25-9-4-3-6-16-31(25)26/h10-15,18-19H,3-9,16-17H2,1-2H3,(H,28,33). The number of carbonyl (C=O) groups excluding carboxylic acids is 1. The fourth-order valence-corrected chi connectivity index (χ4v) is 7.06. The molecule has 1 amide bonds. The average Bonchev–Trinajstić information content (AvgIpc) is 3.16. The lowest BCUT2D eigenvalue weighted by Gasteiger charge is -2.32. The van der Waals surface area contributed by atoms with Crippen LogP contribution >= 0.6 is 0 Å². The smallest absolute Gasteiger partial charge is 0.255 e. The van der Waals surface area contributed by atoms with E-state index in [4.69, 9.17) is 4.74 Å². The third-order valence-corrected chi connectivity index (χ3v) is 9.30. The fourth-order valence-electron chi connectivity index (χ4n) is 5.18. The normalized spacial score (nSPS) is 18.6. The van der Waals surface area contributed by atoms with Crippen LogP contribution < -0.4 is 10.1 Å². The second-order valence-electron chi connectivity index (χ2n) is 9.76. The van der Waals surface area contributed by atoms with Gasteiger partial charge in [0.25, 0.3) is 5.91 Å². The summed E-state index contributed by atoms with van der Waals surface area (Å²) < 4.78 is 36.0. The van der Waals surface area contributed by atoms with Crippen LogP contribution in [0, 0.1) is 0 Å². The van der Waals surface area contributed by atoms with E-state index >= 15 is 0 Å². The summed E-state index contributed by atoms with van der Waals surface area (Å²) in [6, 6.07) is 11.9. The van der Waals surface area contributed by atoms with Gasteiger partial charge in [0, 0.05) is 42.4 Å². The minimum absolute atomic E-state index is 0.0132. The zero-order chi connectivity index (χ0) is 26.0. The highest BCUT2D eigenvalue weighted by Gasteiger charge is 2.33. The fraction of sp³-hybridized carbons (Fsp3) is 0.444. The molecule has 3 heterocycles. The zero-order valence-electron chi connectivity index (χ0n) is 21.3. The molecule has 37 heavy (non-hydrogen) atoms. The number of carbonyl (C=O) groups is 1. The van der Waals surface area contributed by atoms with Gasteiger partial charge in [-0.1, -0.05) is 12.8 Å². The Morgan fingerprint density at radius 3 is 2.54 bits per heavy atom. The molecule has 2 aliphatic heterocycles. The molecule has 0 saturated carbocycles. The molecule has 3 aromatic rings. The molecule has 1 aromatic heterocycles. The maximum absolute atomic E-state index is 13.5. The molecule has 0 aliphatic carbocycles. The van der Waals surface area contributed by atoms with Gasteiger partial charge >= 0.3 is 0 Å².